The summed E-state index contributed by atoms with van der Waals surface area (Å²) in [6.07, 6.45) is 6.37. The van der Waals surface area contributed by atoms with Crippen molar-refractivity contribution in [3.05, 3.63) is 92.0 Å². The number of carbonyl (C=O) groups is 1. The van der Waals surface area contributed by atoms with Crippen molar-refractivity contribution in [2.45, 2.75) is 65.6 Å². The maximum Gasteiger partial charge on any atom is 0.269 e. The minimum Gasteiger partial charge on any atom is -0.363 e. The van der Waals surface area contributed by atoms with Crippen LogP contribution in [0.15, 0.2) is 55.0 Å². The van der Waals surface area contributed by atoms with E-state index in [-0.39, 0.29) is 30.0 Å². The molecule has 1 amide bonds. The van der Waals surface area contributed by atoms with Gasteiger partial charge in [-0.25, -0.2) is 4.98 Å². The Morgan fingerprint density at radius 1 is 1.19 bits per heavy atom. The van der Waals surface area contributed by atoms with Crippen LogP contribution in [0, 0.1) is 16.0 Å². The Hall–Kier alpha value is -3.21. The monoisotopic (exact) mass is 632 g/mol. The Kier molecular flexibility index (Phi) is 13.0. The molecule has 1 aromatic heterocycles. The highest BCUT2D eigenvalue weighted by Gasteiger charge is 2.24. The number of imidazole rings is 1. The Balaban J connectivity index is 1.73. The van der Waals surface area contributed by atoms with E-state index in [9.17, 15) is 14.9 Å². The summed E-state index contributed by atoms with van der Waals surface area (Å²) in [5, 5.41) is 19.1. The van der Waals surface area contributed by atoms with Crippen LogP contribution < -0.4 is 10.6 Å². The highest BCUT2D eigenvalue weighted by Crippen LogP contribution is 2.27. The number of hydrogen-bond donors (Lipinski definition) is 2. The summed E-state index contributed by atoms with van der Waals surface area (Å²) in [6, 6.07) is 11.7. The molecule has 0 spiro atoms. The molecule has 1 heterocycles. The zero-order chi connectivity index (χ0) is 30.6. The average molecular weight is 634 g/mol. The zero-order valence-corrected chi connectivity index (χ0v) is 26.5. The Morgan fingerprint density at radius 2 is 1.93 bits per heavy atom. The van der Waals surface area contributed by atoms with E-state index >= 15 is 0 Å². The number of amides is 1. The van der Waals surface area contributed by atoms with Gasteiger partial charge in [-0.3, -0.25) is 14.9 Å². The van der Waals surface area contributed by atoms with Crippen molar-refractivity contribution < 1.29 is 9.72 Å². The van der Waals surface area contributed by atoms with Gasteiger partial charge >= 0.3 is 0 Å². The van der Waals surface area contributed by atoms with Crippen molar-refractivity contribution in [2.75, 3.05) is 13.1 Å². The van der Waals surface area contributed by atoms with E-state index in [4.69, 9.17) is 35.4 Å². The lowest BCUT2D eigenvalue weighted by Crippen LogP contribution is -2.51. The molecule has 0 aliphatic carbocycles. The fourth-order valence-electron chi connectivity index (χ4n) is 4.45. The first-order valence-corrected chi connectivity index (χ1v) is 15.3. The molecule has 3 aromatic rings. The Bertz CT molecular complexity index is 1350. The number of nitro groups is 1. The summed E-state index contributed by atoms with van der Waals surface area (Å²) in [7, 11) is 0. The predicted octanol–water partition coefficient (Wildman–Crippen LogP) is 6.40. The summed E-state index contributed by atoms with van der Waals surface area (Å²) >= 11 is 18.6. The lowest BCUT2D eigenvalue weighted by atomic mass is 9.98. The van der Waals surface area contributed by atoms with Crippen LogP contribution in [0.25, 0.3) is 0 Å². The van der Waals surface area contributed by atoms with E-state index in [1.165, 1.54) is 12.1 Å². The van der Waals surface area contributed by atoms with Crippen LogP contribution in [0.1, 0.15) is 56.9 Å². The summed E-state index contributed by atoms with van der Waals surface area (Å²) in [6.45, 7) is 8.48. The molecule has 2 aromatic carbocycles. The zero-order valence-electron chi connectivity index (χ0n) is 24.2. The molecule has 0 saturated heterocycles. The van der Waals surface area contributed by atoms with Crippen LogP contribution in [-0.2, 0) is 24.3 Å². The van der Waals surface area contributed by atoms with Crippen molar-refractivity contribution in [1.29, 1.82) is 0 Å². The van der Waals surface area contributed by atoms with Crippen LogP contribution in [-0.4, -0.2) is 49.5 Å². The van der Waals surface area contributed by atoms with Gasteiger partial charge in [-0.2, -0.15) is 0 Å². The van der Waals surface area contributed by atoms with Crippen LogP contribution in [0.3, 0.4) is 0 Å². The molecule has 0 saturated carbocycles. The molecule has 2 atom stereocenters. The number of benzene rings is 2. The first kappa shape index (κ1) is 33.3. The van der Waals surface area contributed by atoms with Crippen molar-refractivity contribution in [3.8, 4) is 0 Å². The third kappa shape index (κ3) is 9.68. The molecule has 3 rings (SSSR count). The number of nitro benzene ring substituents is 1. The Morgan fingerprint density at radius 3 is 2.60 bits per heavy atom. The van der Waals surface area contributed by atoms with Gasteiger partial charge in [-0.1, -0.05) is 81.1 Å². The van der Waals surface area contributed by atoms with Gasteiger partial charge in [0.25, 0.3) is 5.69 Å². The van der Waals surface area contributed by atoms with E-state index < -0.39 is 4.92 Å². The number of rotatable bonds is 15. The fourth-order valence-corrected chi connectivity index (χ4v) is 5.07. The van der Waals surface area contributed by atoms with Crippen LogP contribution in [0.5, 0.6) is 0 Å². The number of nitrogens with zero attached hydrogens (tertiary/aromatic N) is 4. The van der Waals surface area contributed by atoms with E-state index in [2.05, 4.69) is 36.4 Å². The SMILES string of the molecule is CCCCNC(=S)N(Cc1cccc(Cl)c1Cl)C[C@@H](NC(=O)Cc1cncn1Cc1ccc([N+](=O)[O-])cc1)[C@@H](C)CC. The lowest BCUT2D eigenvalue weighted by molar-refractivity contribution is -0.384. The van der Waals surface area contributed by atoms with Gasteiger partial charge in [0.15, 0.2) is 5.11 Å². The second-order valence-electron chi connectivity index (χ2n) is 10.4. The van der Waals surface area contributed by atoms with Gasteiger partial charge in [0, 0.05) is 56.2 Å². The quantitative estimate of drug-likeness (QED) is 0.0864. The Labute approximate surface area is 262 Å². The van der Waals surface area contributed by atoms with E-state index in [0.29, 0.717) is 34.8 Å². The average Bonchev–Trinajstić information content (AvgIpc) is 3.40. The second-order valence-corrected chi connectivity index (χ2v) is 11.5. The molecule has 0 bridgehead atoms. The van der Waals surface area contributed by atoms with E-state index in [0.717, 1.165) is 42.6 Å². The number of unbranched alkanes of at least 4 members (excludes halogenated alkanes) is 1. The van der Waals surface area contributed by atoms with Crippen LogP contribution >= 0.6 is 35.4 Å². The summed E-state index contributed by atoms with van der Waals surface area (Å²) in [5.74, 6) is 0.0473. The highest BCUT2D eigenvalue weighted by molar-refractivity contribution is 7.80. The van der Waals surface area contributed by atoms with Crippen molar-refractivity contribution in [3.63, 3.8) is 0 Å². The standard InChI is InChI=1S/C30H38Cl2N6O3S/c1-4-6-14-34-30(42)36(18-23-8-7-9-26(31)29(23)32)19-27(21(3)5-2)35-28(39)15-25-16-33-20-37(25)17-22-10-12-24(13-11-22)38(40)41/h7-13,16,20-21,27H,4-6,14-15,17-19H2,1-3H3,(H,34,42)(H,35,39)/t21-,27+/m0/s1. The molecule has 0 aliphatic rings. The normalized spacial score (nSPS) is 12.4. The van der Waals surface area contributed by atoms with Crippen molar-refractivity contribution >= 4 is 52.1 Å². The molecular formula is C30H38Cl2N6O3S. The summed E-state index contributed by atoms with van der Waals surface area (Å²) in [5.41, 5.74) is 2.50. The van der Waals surface area contributed by atoms with Gasteiger partial charge in [0.2, 0.25) is 5.91 Å². The molecule has 0 fully saturated rings. The van der Waals surface area contributed by atoms with Crippen LogP contribution in [0.4, 0.5) is 5.69 Å². The molecule has 9 nitrogen and oxygen atoms in total. The molecule has 2 N–H and O–H groups in total. The number of halogens is 2. The number of thiocarbonyl (C=S) groups is 1. The van der Waals surface area contributed by atoms with Crippen LogP contribution in [0.2, 0.25) is 10.0 Å². The minimum absolute atomic E-state index is 0.0341. The summed E-state index contributed by atoms with van der Waals surface area (Å²) < 4.78 is 1.87. The molecule has 12 heteroatoms. The number of carbonyl (C=O) groups excluding carboxylic acids is 1. The first-order chi connectivity index (χ1) is 20.1. The minimum atomic E-state index is -0.427. The van der Waals surface area contributed by atoms with E-state index in [1.807, 2.05) is 21.6 Å². The van der Waals surface area contributed by atoms with Gasteiger partial charge in [0.1, 0.15) is 0 Å². The van der Waals surface area contributed by atoms with Crippen molar-refractivity contribution in [2.24, 2.45) is 5.92 Å². The molecule has 0 aliphatic heterocycles. The summed E-state index contributed by atoms with van der Waals surface area (Å²) in [4.78, 5) is 30.2. The molecular weight excluding hydrogens is 595 g/mol. The topological polar surface area (TPSA) is 105 Å². The molecule has 0 unspecified atom stereocenters. The predicted molar refractivity (Wildman–Crippen MR) is 172 cm³/mol. The second kappa shape index (κ2) is 16.4. The fraction of sp³-hybridized carbons (Fsp3) is 0.433. The third-order valence-electron chi connectivity index (χ3n) is 7.22. The number of non-ortho nitro benzene ring substituents is 1. The van der Waals surface area contributed by atoms with Gasteiger partial charge < -0.3 is 20.1 Å². The maximum atomic E-state index is 13.4. The lowest BCUT2D eigenvalue weighted by Gasteiger charge is -2.33. The third-order valence-corrected chi connectivity index (χ3v) is 8.48. The maximum absolute atomic E-state index is 13.4. The molecule has 226 valence electrons. The number of nitrogens with one attached hydrogen (secondary N) is 2. The van der Waals surface area contributed by atoms with Gasteiger partial charge in [-0.05, 0) is 41.7 Å². The molecule has 42 heavy (non-hydrogen) atoms. The first-order valence-electron chi connectivity index (χ1n) is 14.1. The van der Waals surface area contributed by atoms with Gasteiger partial charge in [0.05, 0.1) is 27.7 Å². The van der Waals surface area contributed by atoms with E-state index in [1.54, 1.807) is 30.7 Å². The molecule has 0 radical (unpaired) electrons. The number of hydrogen-bond acceptors (Lipinski definition) is 5. The van der Waals surface area contributed by atoms with Crippen molar-refractivity contribution in [1.82, 2.24) is 25.1 Å². The van der Waals surface area contributed by atoms with Gasteiger partial charge in [-0.15, -0.1) is 0 Å². The highest BCUT2D eigenvalue weighted by atomic mass is 35.5. The smallest absolute Gasteiger partial charge is 0.269 e. The largest absolute Gasteiger partial charge is 0.363 e. The number of aromatic nitrogens is 2.